The highest BCUT2D eigenvalue weighted by molar-refractivity contribution is 5.73. The molecule has 0 aromatic rings. The van der Waals surface area contributed by atoms with Crippen molar-refractivity contribution in [2.24, 2.45) is 0 Å². The molecule has 1 amide bonds. The Morgan fingerprint density at radius 1 is 1.04 bits per heavy atom. The maximum Gasteiger partial charge on any atom is 0.217 e. The number of aliphatic hydroxyl groups is 6. The van der Waals surface area contributed by atoms with Gasteiger partial charge in [0.15, 0.2) is 12.6 Å². The minimum Gasteiger partial charge on any atom is -0.394 e. The molecule has 2 aliphatic rings. The van der Waals surface area contributed by atoms with E-state index in [9.17, 15) is 35.4 Å². The number of ether oxygens (including phenoxy) is 3. The van der Waals surface area contributed by atoms with Gasteiger partial charge in [0.2, 0.25) is 5.91 Å². The van der Waals surface area contributed by atoms with Gasteiger partial charge >= 0.3 is 0 Å². The molecular weight excluding hydrogens is 342 g/mol. The third-order valence-corrected chi connectivity index (χ3v) is 4.34. The summed E-state index contributed by atoms with van der Waals surface area (Å²) < 4.78 is 15.8. The van der Waals surface area contributed by atoms with Crippen LogP contribution in [0.5, 0.6) is 0 Å². The van der Waals surface area contributed by atoms with Gasteiger partial charge in [-0.05, 0) is 6.92 Å². The molecule has 7 N–H and O–H groups in total. The Labute approximate surface area is 143 Å². The van der Waals surface area contributed by atoms with Crippen LogP contribution in [0, 0.1) is 0 Å². The van der Waals surface area contributed by atoms with Gasteiger partial charge in [0.25, 0.3) is 0 Å². The number of carbonyl (C=O) groups excluding carboxylic acids is 1. The van der Waals surface area contributed by atoms with Crippen LogP contribution < -0.4 is 5.32 Å². The Morgan fingerprint density at radius 2 is 1.68 bits per heavy atom. The lowest BCUT2D eigenvalue weighted by atomic mass is 9.95. The molecule has 0 radical (unpaired) electrons. The second-order valence-electron chi connectivity index (χ2n) is 6.25. The first-order valence-corrected chi connectivity index (χ1v) is 7.92. The van der Waals surface area contributed by atoms with E-state index in [0.717, 1.165) is 0 Å². The van der Waals surface area contributed by atoms with E-state index in [1.807, 2.05) is 0 Å². The minimum atomic E-state index is -1.64. The lowest BCUT2D eigenvalue weighted by Crippen LogP contribution is -2.67. The molecule has 2 saturated heterocycles. The molecule has 0 aromatic heterocycles. The molecule has 2 rings (SSSR count). The topological polar surface area (TPSA) is 178 Å². The van der Waals surface area contributed by atoms with E-state index in [4.69, 9.17) is 14.2 Å². The molecule has 11 nitrogen and oxygen atoms in total. The molecule has 0 unspecified atom stereocenters. The van der Waals surface area contributed by atoms with E-state index in [1.165, 1.54) is 13.8 Å². The van der Waals surface area contributed by atoms with Gasteiger partial charge in [0.1, 0.15) is 42.7 Å². The molecule has 2 aliphatic heterocycles. The zero-order valence-corrected chi connectivity index (χ0v) is 13.8. The van der Waals surface area contributed by atoms with Crippen LogP contribution in [0.2, 0.25) is 0 Å². The Balaban J connectivity index is 2.20. The quantitative estimate of drug-likeness (QED) is 0.257. The SMILES string of the molecule is CC(=O)N[C@H]1[C@@H](O[C@@H]2O[C@H](C)[C@H](O)[C@@H](O)[C@H]2O)[C@@H](O)[C@@H](CO)O[C@H]1O. The molecule has 25 heavy (non-hydrogen) atoms. The summed E-state index contributed by atoms with van der Waals surface area (Å²) >= 11 is 0. The summed E-state index contributed by atoms with van der Waals surface area (Å²) in [5.41, 5.74) is 0. The van der Waals surface area contributed by atoms with Gasteiger partial charge in [-0.3, -0.25) is 4.79 Å². The molecule has 2 heterocycles. The standard InChI is InChI=1S/C14H25NO10/c1-4-8(18)10(20)11(21)14(23-4)25-12-7(15-5(2)17)13(22)24-6(3-16)9(12)19/h4,6-14,16,18-22H,3H2,1-2H3,(H,15,17)/t4-,6-,7+,8+,9+,10-,11-,12-,13-,14+/m1/s1. The van der Waals surface area contributed by atoms with Crippen LogP contribution in [0.25, 0.3) is 0 Å². The maximum absolute atomic E-state index is 11.3. The number of hydrogen-bond acceptors (Lipinski definition) is 10. The van der Waals surface area contributed by atoms with Gasteiger partial charge in [-0.25, -0.2) is 0 Å². The lowest BCUT2D eigenvalue weighted by molar-refractivity contribution is -0.337. The van der Waals surface area contributed by atoms with Crippen LogP contribution in [0.4, 0.5) is 0 Å². The number of hydrogen-bond donors (Lipinski definition) is 7. The summed E-state index contributed by atoms with van der Waals surface area (Å²) in [5, 5.41) is 61.5. The monoisotopic (exact) mass is 367 g/mol. The van der Waals surface area contributed by atoms with E-state index in [2.05, 4.69) is 5.32 Å². The zero-order chi connectivity index (χ0) is 18.9. The zero-order valence-electron chi connectivity index (χ0n) is 13.8. The van der Waals surface area contributed by atoms with Crippen molar-refractivity contribution in [1.29, 1.82) is 0 Å². The summed E-state index contributed by atoms with van der Waals surface area (Å²) in [6.45, 7) is 2.01. The Kier molecular flexibility index (Phi) is 6.70. The average Bonchev–Trinajstić information content (AvgIpc) is 2.56. The first-order valence-electron chi connectivity index (χ1n) is 7.92. The normalized spacial score (nSPS) is 48.2. The molecule has 0 bridgehead atoms. The van der Waals surface area contributed by atoms with Gasteiger partial charge in [0, 0.05) is 6.92 Å². The molecule has 0 aliphatic carbocycles. The Morgan fingerprint density at radius 3 is 2.24 bits per heavy atom. The number of aliphatic hydroxyl groups excluding tert-OH is 6. The van der Waals surface area contributed by atoms with Gasteiger partial charge in [0.05, 0.1) is 12.7 Å². The number of nitrogens with one attached hydrogen (secondary N) is 1. The summed E-state index contributed by atoms with van der Waals surface area (Å²) in [5.74, 6) is -0.537. The van der Waals surface area contributed by atoms with E-state index < -0.39 is 73.9 Å². The fraction of sp³-hybridized carbons (Fsp3) is 0.929. The predicted octanol–water partition coefficient (Wildman–Crippen LogP) is -4.23. The molecule has 146 valence electrons. The highest BCUT2D eigenvalue weighted by Gasteiger charge is 2.50. The van der Waals surface area contributed by atoms with Crippen molar-refractivity contribution in [2.45, 2.75) is 75.2 Å². The average molecular weight is 367 g/mol. The molecule has 2 fully saturated rings. The fourth-order valence-electron chi connectivity index (χ4n) is 2.92. The van der Waals surface area contributed by atoms with Crippen molar-refractivity contribution in [3.05, 3.63) is 0 Å². The van der Waals surface area contributed by atoms with E-state index >= 15 is 0 Å². The number of rotatable bonds is 4. The van der Waals surface area contributed by atoms with Crippen LogP contribution in [-0.2, 0) is 19.0 Å². The van der Waals surface area contributed by atoms with Crippen LogP contribution in [0.3, 0.4) is 0 Å². The summed E-state index contributed by atoms with van der Waals surface area (Å²) in [4.78, 5) is 11.3. The maximum atomic E-state index is 11.3. The van der Waals surface area contributed by atoms with Crippen molar-refractivity contribution >= 4 is 5.91 Å². The van der Waals surface area contributed by atoms with Gasteiger partial charge in [-0.1, -0.05) is 0 Å². The van der Waals surface area contributed by atoms with Gasteiger partial charge in [-0.15, -0.1) is 0 Å². The van der Waals surface area contributed by atoms with Crippen LogP contribution in [-0.4, -0.2) is 105 Å². The second-order valence-corrected chi connectivity index (χ2v) is 6.25. The summed E-state index contributed by atoms with van der Waals surface area (Å²) in [6.07, 6.45) is -12.4. The van der Waals surface area contributed by atoms with Crippen molar-refractivity contribution in [2.75, 3.05) is 6.61 Å². The van der Waals surface area contributed by atoms with Gasteiger partial charge in [-0.2, -0.15) is 0 Å². The Hall–Kier alpha value is -0.890. The largest absolute Gasteiger partial charge is 0.394 e. The smallest absolute Gasteiger partial charge is 0.217 e. The van der Waals surface area contributed by atoms with Gasteiger partial charge < -0.3 is 50.2 Å². The van der Waals surface area contributed by atoms with Crippen molar-refractivity contribution in [3.63, 3.8) is 0 Å². The first kappa shape index (κ1) is 20.4. The third-order valence-electron chi connectivity index (χ3n) is 4.34. The van der Waals surface area contributed by atoms with Crippen molar-refractivity contribution in [3.8, 4) is 0 Å². The highest BCUT2D eigenvalue weighted by atomic mass is 16.7. The molecule has 11 heteroatoms. The molecule has 10 atom stereocenters. The minimum absolute atomic E-state index is 0.537. The molecule has 0 spiro atoms. The van der Waals surface area contributed by atoms with Crippen molar-refractivity contribution < 1.29 is 49.6 Å². The van der Waals surface area contributed by atoms with Crippen LogP contribution in [0.1, 0.15) is 13.8 Å². The number of carbonyl (C=O) groups is 1. The predicted molar refractivity (Wildman–Crippen MR) is 78.8 cm³/mol. The van der Waals surface area contributed by atoms with Crippen molar-refractivity contribution in [1.82, 2.24) is 5.32 Å². The fourth-order valence-corrected chi connectivity index (χ4v) is 2.92. The van der Waals surface area contributed by atoms with Crippen LogP contribution in [0.15, 0.2) is 0 Å². The van der Waals surface area contributed by atoms with E-state index in [0.29, 0.717) is 0 Å². The lowest BCUT2D eigenvalue weighted by Gasteiger charge is -2.46. The Bertz CT molecular complexity index is 465. The number of amides is 1. The summed E-state index contributed by atoms with van der Waals surface area (Å²) in [7, 11) is 0. The van der Waals surface area contributed by atoms with Crippen LogP contribution >= 0.6 is 0 Å². The third kappa shape index (κ3) is 4.27. The van der Waals surface area contributed by atoms with E-state index in [1.54, 1.807) is 0 Å². The second kappa shape index (κ2) is 8.20. The highest BCUT2D eigenvalue weighted by Crippen LogP contribution is 2.28. The molecule has 0 saturated carbocycles. The summed E-state index contributed by atoms with van der Waals surface area (Å²) in [6, 6.07) is -1.22. The molecular formula is C14H25NO10. The first-order chi connectivity index (χ1) is 11.7. The molecule has 0 aromatic carbocycles. The van der Waals surface area contributed by atoms with E-state index in [-0.39, 0.29) is 0 Å².